The third-order valence-corrected chi connectivity index (χ3v) is 4.13. The summed E-state index contributed by atoms with van der Waals surface area (Å²) in [5, 5.41) is 3.92. The van der Waals surface area contributed by atoms with E-state index in [9.17, 15) is 4.39 Å². The highest BCUT2D eigenvalue weighted by Gasteiger charge is 2.15. The van der Waals surface area contributed by atoms with Gasteiger partial charge in [0.1, 0.15) is 16.6 Å². The number of nitrogens with one attached hydrogen (secondary N) is 1. The maximum absolute atomic E-state index is 14.1. The average molecular weight is 310 g/mol. The second kappa shape index (κ2) is 7.49. The van der Waals surface area contributed by atoms with Crippen LogP contribution in [-0.2, 0) is 17.9 Å². The number of halogens is 1. The normalized spacial score (nSPS) is 10.9. The first kappa shape index (κ1) is 15.9. The number of methoxy groups -OCH3 is 2. The predicted molar refractivity (Wildman–Crippen MR) is 82.2 cm³/mol. The van der Waals surface area contributed by atoms with Gasteiger partial charge < -0.3 is 14.8 Å². The van der Waals surface area contributed by atoms with Gasteiger partial charge in [0.05, 0.1) is 19.4 Å². The van der Waals surface area contributed by atoms with E-state index in [1.165, 1.54) is 24.5 Å². The molecular formula is C15H19FN2O2S. The van der Waals surface area contributed by atoms with Crippen LogP contribution < -0.4 is 10.1 Å². The number of ether oxygens (including phenoxy) is 2. The molecule has 0 unspecified atom stereocenters. The largest absolute Gasteiger partial charge is 0.497 e. The van der Waals surface area contributed by atoms with Crippen molar-refractivity contribution < 1.29 is 13.9 Å². The van der Waals surface area contributed by atoms with E-state index < -0.39 is 0 Å². The van der Waals surface area contributed by atoms with Crippen molar-refractivity contribution in [2.75, 3.05) is 20.8 Å². The first-order valence-corrected chi connectivity index (χ1v) is 7.53. The van der Waals surface area contributed by atoms with Crippen LogP contribution in [0.5, 0.6) is 5.75 Å². The second-order valence-electron chi connectivity index (χ2n) is 4.45. The Bertz CT molecular complexity index is 601. The van der Waals surface area contributed by atoms with Gasteiger partial charge >= 0.3 is 0 Å². The zero-order chi connectivity index (χ0) is 15.2. The minimum absolute atomic E-state index is 0.331. The summed E-state index contributed by atoms with van der Waals surface area (Å²) >= 11 is 1.49. The Morgan fingerprint density at radius 3 is 2.76 bits per heavy atom. The molecule has 1 aromatic carbocycles. The maximum Gasteiger partial charge on any atom is 0.137 e. The van der Waals surface area contributed by atoms with Crippen molar-refractivity contribution in [3.8, 4) is 16.3 Å². The lowest BCUT2D eigenvalue weighted by Crippen LogP contribution is -2.12. The first-order chi connectivity index (χ1) is 10.2. The van der Waals surface area contributed by atoms with Gasteiger partial charge in [0, 0.05) is 30.2 Å². The van der Waals surface area contributed by atoms with Gasteiger partial charge in [-0.05, 0) is 18.7 Å². The van der Waals surface area contributed by atoms with Gasteiger partial charge in [-0.3, -0.25) is 0 Å². The Kier molecular flexibility index (Phi) is 5.67. The molecule has 1 heterocycles. The Morgan fingerprint density at radius 2 is 2.14 bits per heavy atom. The molecule has 0 aliphatic rings. The molecule has 21 heavy (non-hydrogen) atoms. The Balaban J connectivity index is 2.34. The zero-order valence-corrected chi connectivity index (χ0v) is 13.2. The van der Waals surface area contributed by atoms with Crippen LogP contribution in [0.2, 0.25) is 0 Å². The highest BCUT2D eigenvalue weighted by molar-refractivity contribution is 7.15. The molecule has 0 bridgehead atoms. The summed E-state index contributed by atoms with van der Waals surface area (Å²) in [6.45, 7) is 4.05. The summed E-state index contributed by atoms with van der Waals surface area (Å²) in [7, 11) is 3.15. The van der Waals surface area contributed by atoms with Crippen LogP contribution in [0.15, 0.2) is 18.2 Å². The molecule has 0 radical (unpaired) electrons. The summed E-state index contributed by atoms with van der Waals surface area (Å²) in [6.07, 6.45) is 0. The van der Waals surface area contributed by atoms with Crippen molar-refractivity contribution in [3.63, 3.8) is 0 Å². The molecule has 114 valence electrons. The van der Waals surface area contributed by atoms with Gasteiger partial charge in [0.25, 0.3) is 0 Å². The number of hydrogen-bond acceptors (Lipinski definition) is 5. The molecule has 1 aromatic heterocycles. The van der Waals surface area contributed by atoms with Crippen LogP contribution in [0.3, 0.4) is 0 Å². The Hall–Kier alpha value is -1.50. The minimum Gasteiger partial charge on any atom is -0.497 e. The van der Waals surface area contributed by atoms with Crippen molar-refractivity contribution in [2.45, 2.75) is 20.1 Å². The molecule has 0 aliphatic carbocycles. The van der Waals surface area contributed by atoms with Crippen LogP contribution in [0.25, 0.3) is 10.6 Å². The molecule has 6 heteroatoms. The predicted octanol–water partition coefficient (Wildman–Crippen LogP) is 3.21. The van der Waals surface area contributed by atoms with E-state index in [4.69, 9.17) is 9.47 Å². The van der Waals surface area contributed by atoms with Gasteiger partial charge in [0.2, 0.25) is 0 Å². The number of nitrogens with zero attached hydrogens (tertiary/aromatic N) is 1. The van der Waals surface area contributed by atoms with Crippen LogP contribution >= 0.6 is 11.3 Å². The summed E-state index contributed by atoms with van der Waals surface area (Å²) in [4.78, 5) is 5.59. The van der Waals surface area contributed by atoms with E-state index in [0.717, 1.165) is 17.1 Å². The highest BCUT2D eigenvalue weighted by Crippen LogP contribution is 2.32. The fourth-order valence-corrected chi connectivity index (χ4v) is 2.98. The molecule has 0 spiro atoms. The fourth-order valence-electron chi connectivity index (χ4n) is 1.92. The summed E-state index contributed by atoms with van der Waals surface area (Å²) in [5.41, 5.74) is 1.34. The van der Waals surface area contributed by atoms with E-state index in [2.05, 4.69) is 10.3 Å². The molecule has 0 saturated heterocycles. The molecule has 2 rings (SSSR count). The topological polar surface area (TPSA) is 43.4 Å². The van der Waals surface area contributed by atoms with Crippen molar-refractivity contribution in [3.05, 3.63) is 34.6 Å². The molecule has 0 saturated carbocycles. The Morgan fingerprint density at radius 1 is 1.33 bits per heavy atom. The van der Waals surface area contributed by atoms with Crippen molar-refractivity contribution in [1.29, 1.82) is 0 Å². The molecule has 0 aliphatic heterocycles. The molecule has 2 aromatic rings. The van der Waals surface area contributed by atoms with E-state index in [1.54, 1.807) is 19.2 Å². The fraction of sp³-hybridized carbons (Fsp3) is 0.400. The second-order valence-corrected chi connectivity index (χ2v) is 5.53. The quantitative estimate of drug-likeness (QED) is 0.853. The van der Waals surface area contributed by atoms with Crippen LogP contribution in [-0.4, -0.2) is 25.7 Å². The average Bonchev–Trinajstić information content (AvgIpc) is 2.88. The lowest BCUT2D eigenvalue weighted by Gasteiger charge is -2.02. The Labute approximate surface area is 127 Å². The van der Waals surface area contributed by atoms with Crippen LogP contribution in [0.1, 0.15) is 17.5 Å². The summed E-state index contributed by atoms with van der Waals surface area (Å²) in [5.74, 6) is 0.167. The zero-order valence-electron chi connectivity index (χ0n) is 12.4. The number of rotatable bonds is 7. The SMILES string of the molecule is CCNCc1sc(-c2ccc(OC)cc2F)nc1COC. The minimum atomic E-state index is -0.331. The maximum atomic E-state index is 14.1. The number of aromatic nitrogens is 1. The highest BCUT2D eigenvalue weighted by atomic mass is 32.1. The molecule has 0 fully saturated rings. The van der Waals surface area contributed by atoms with Crippen molar-refractivity contribution in [2.24, 2.45) is 0 Å². The summed E-state index contributed by atoms with van der Waals surface area (Å²) < 4.78 is 24.3. The molecule has 0 amide bonds. The first-order valence-electron chi connectivity index (χ1n) is 6.71. The van der Waals surface area contributed by atoms with Crippen molar-refractivity contribution >= 4 is 11.3 Å². The number of benzene rings is 1. The van der Waals surface area contributed by atoms with Gasteiger partial charge in [-0.25, -0.2) is 9.37 Å². The summed E-state index contributed by atoms with van der Waals surface area (Å²) in [6, 6.07) is 4.80. The third kappa shape index (κ3) is 3.78. The third-order valence-electron chi connectivity index (χ3n) is 3.00. The van der Waals surface area contributed by atoms with Crippen LogP contribution in [0.4, 0.5) is 4.39 Å². The molecule has 1 N–H and O–H groups in total. The standard InChI is InChI=1S/C15H19FN2O2S/c1-4-17-8-14-13(9-19-2)18-15(21-14)11-6-5-10(20-3)7-12(11)16/h5-7,17H,4,8-9H2,1-3H3. The van der Waals surface area contributed by atoms with Gasteiger partial charge in [-0.15, -0.1) is 11.3 Å². The lowest BCUT2D eigenvalue weighted by molar-refractivity contribution is 0.181. The lowest BCUT2D eigenvalue weighted by atomic mass is 10.2. The number of hydrogen-bond donors (Lipinski definition) is 1. The molecule has 4 nitrogen and oxygen atoms in total. The van der Waals surface area contributed by atoms with Gasteiger partial charge in [0.15, 0.2) is 0 Å². The van der Waals surface area contributed by atoms with E-state index in [0.29, 0.717) is 29.5 Å². The molecular weight excluding hydrogens is 291 g/mol. The molecule has 0 atom stereocenters. The van der Waals surface area contributed by atoms with E-state index >= 15 is 0 Å². The smallest absolute Gasteiger partial charge is 0.137 e. The van der Waals surface area contributed by atoms with Gasteiger partial charge in [-0.2, -0.15) is 0 Å². The van der Waals surface area contributed by atoms with Crippen LogP contribution in [0, 0.1) is 5.82 Å². The monoisotopic (exact) mass is 310 g/mol. The van der Waals surface area contributed by atoms with Gasteiger partial charge in [-0.1, -0.05) is 6.92 Å². The number of thiazole rings is 1. The van der Waals surface area contributed by atoms with Crippen molar-refractivity contribution in [1.82, 2.24) is 10.3 Å². The van der Waals surface area contributed by atoms with E-state index in [-0.39, 0.29) is 5.82 Å². The van der Waals surface area contributed by atoms with E-state index in [1.807, 2.05) is 6.92 Å².